The third-order valence-corrected chi connectivity index (χ3v) is 3.95. The van der Waals surface area contributed by atoms with Crippen LogP contribution in [0.3, 0.4) is 0 Å². The molecule has 0 saturated carbocycles. The van der Waals surface area contributed by atoms with E-state index in [0.717, 1.165) is 11.3 Å². The lowest BCUT2D eigenvalue weighted by Gasteiger charge is -2.18. The molecule has 2 amide bonds. The van der Waals surface area contributed by atoms with Crippen LogP contribution in [0.5, 0.6) is 5.75 Å². The average molecular weight is 328 g/mol. The molecule has 2 aromatic carbocycles. The van der Waals surface area contributed by atoms with Crippen LogP contribution >= 0.6 is 0 Å². The zero-order valence-electron chi connectivity index (χ0n) is 13.4. The molecular formula is C18H17FN2O3. The van der Waals surface area contributed by atoms with Gasteiger partial charge in [-0.3, -0.25) is 9.59 Å². The molecule has 124 valence electrons. The SMILES string of the molecule is COc1ccc(CN2C(=O)[C@H](NC(C)=O)c3cc(F)ccc32)cc1. The first-order valence-electron chi connectivity index (χ1n) is 7.50. The molecule has 0 fully saturated rings. The Morgan fingerprint density at radius 1 is 1.25 bits per heavy atom. The lowest BCUT2D eigenvalue weighted by Crippen LogP contribution is -2.36. The minimum absolute atomic E-state index is 0.276. The Morgan fingerprint density at radius 3 is 2.58 bits per heavy atom. The van der Waals surface area contributed by atoms with Gasteiger partial charge in [-0.1, -0.05) is 12.1 Å². The Labute approximate surface area is 139 Å². The summed E-state index contributed by atoms with van der Waals surface area (Å²) >= 11 is 0. The van der Waals surface area contributed by atoms with E-state index in [4.69, 9.17) is 4.74 Å². The van der Waals surface area contributed by atoms with Gasteiger partial charge in [-0.05, 0) is 35.9 Å². The quantitative estimate of drug-likeness (QED) is 0.938. The van der Waals surface area contributed by atoms with E-state index < -0.39 is 11.9 Å². The van der Waals surface area contributed by atoms with E-state index in [9.17, 15) is 14.0 Å². The summed E-state index contributed by atoms with van der Waals surface area (Å²) in [5, 5.41) is 2.59. The van der Waals surface area contributed by atoms with Crippen molar-refractivity contribution in [2.45, 2.75) is 19.5 Å². The second kappa shape index (κ2) is 6.31. The Bertz CT molecular complexity index is 789. The second-order valence-corrected chi connectivity index (χ2v) is 5.61. The number of hydrogen-bond acceptors (Lipinski definition) is 3. The Kier molecular flexibility index (Phi) is 4.20. The van der Waals surface area contributed by atoms with Crippen LogP contribution in [0.15, 0.2) is 42.5 Å². The van der Waals surface area contributed by atoms with E-state index in [1.54, 1.807) is 18.1 Å². The summed E-state index contributed by atoms with van der Waals surface area (Å²) in [6, 6.07) is 10.7. The van der Waals surface area contributed by atoms with Crippen molar-refractivity contribution in [3.63, 3.8) is 0 Å². The number of nitrogens with zero attached hydrogens (tertiary/aromatic N) is 1. The number of carbonyl (C=O) groups excluding carboxylic acids is 2. The van der Waals surface area contributed by atoms with Crippen LogP contribution in [0.25, 0.3) is 0 Å². The van der Waals surface area contributed by atoms with Crippen molar-refractivity contribution >= 4 is 17.5 Å². The summed E-state index contributed by atoms with van der Waals surface area (Å²) in [6.45, 7) is 1.66. The number of rotatable bonds is 4. The number of amides is 2. The van der Waals surface area contributed by atoms with E-state index in [-0.39, 0.29) is 11.8 Å². The molecule has 2 aromatic rings. The molecule has 0 saturated heterocycles. The predicted octanol–water partition coefficient (Wildman–Crippen LogP) is 2.56. The van der Waals surface area contributed by atoms with Gasteiger partial charge in [-0.15, -0.1) is 0 Å². The fourth-order valence-electron chi connectivity index (χ4n) is 2.83. The van der Waals surface area contributed by atoms with E-state index in [1.165, 1.54) is 19.1 Å². The molecule has 1 aliphatic heterocycles. The van der Waals surface area contributed by atoms with Gasteiger partial charge >= 0.3 is 0 Å². The molecule has 0 bridgehead atoms. The number of methoxy groups -OCH3 is 1. The van der Waals surface area contributed by atoms with E-state index in [1.807, 2.05) is 24.3 Å². The van der Waals surface area contributed by atoms with Gasteiger partial charge in [0, 0.05) is 12.5 Å². The molecule has 1 atom stereocenters. The van der Waals surface area contributed by atoms with Gasteiger partial charge in [0.2, 0.25) is 5.91 Å². The van der Waals surface area contributed by atoms with Crippen molar-refractivity contribution in [1.82, 2.24) is 5.32 Å². The summed E-state index contributed by atoms with van der Waals surface area (Å²) in [5.74, 6) is -0.329. The fourth-order valence-corrected chi connectivity index (χ4v) is 2.83. The molecule has 6 heteroatoms. The third kappa shape index (κ3) is 2.95. The minimum Gasteiger partial charge on any atom is -0.497 e. The maximum Gasteiger partial charge on any atom is 0.254 e. The fraction of sp³-hybridized carbons (Fsp3) is 0.222. The summed E-state index contributed by atoms with van der Waals surface area (Å²) in [5.41, 5.74) is 1.99. The average Bonchev–Trinajstić information content (AvgIpc) is 2.80. The maximum atomic E-state index is 13.6. The van der Waals surface area contributed by atoms with Crippen LogP contribution < -0.4 is 15.0 Å². The smallest absolute Gasteiger partial charge is 0.254 e. The van der Waals surface area contributed by atoms with Gasteiger partial charge in [-0.2, -0.15) is 0 Å². The number of hydrogen-bond donors (Lipinski definition) is 1. The van der Waals surface area contributed by atoms with Crippen molar-refractivity contribution in [3.05, 3.63) is 59.4 Å². The van der Waals surface area contributed by atoms with Gasteiger partial charge in [0.1, 0.15) is 17.6 Å². The summed E-state index contributed by atoms with van der Waals surface area (Å²) in [4.78, 5) is 25.6. The largest absolute Gasteiger partial charge is 0.497 e. The standard InChI is InChI=1S/C18H17FN2O3/c1-11(22)20-17-15-9-13(19)5-8-16(15)21(18(17)23)10-12-3-6-14(24-2)7-4-12/h3-9,17H,10H2,1-2H3,(H,20,22)/t17-/m1/s1. The number of halogens is 1. The highest BCUT2D eigenvalue weighted by Crippen LogP contribution is 2.37. The molecular weight excluding hydrogens is 311 g/mol. The van der Waals surface area contributed by atoms with Crippen molar-refractivity contribution in [2.75, 3.05) is 12.0 Å². The molecule has 0 aliphatic carbocycles. The molecule has 0 spiro atoms. The first-order chi connectivity index (χ1) is 11.5. The highest BCUT2D eigenvalue weighted by atomic mass is 19.1. The molecule has 0 radical (unpaired) electrons. The molecule has 1 aliphatic rings. The number of fused-ring (bicyclic) bond motifs is 1. The zero-order valence-corrected chi connectivity index (χ0v) is 13.4. The molecule has 24 heavy (non-hydrogen) atoms. The highest BCUT2D eigenvalue weighted by Gasteiger charge is 2.38. The lowest BCUT2D eigenvalue weighted by molar-refractivity contribution is -0.126. The van der Waals surface area contributed by atoms with E-state index in [2.05, 4.69) is 5.32 Å². The monoisotopic (exact) mass is 328 g/mol. The summed E-state index contributed by atoms with van der Waals surface area (Å²) in [7, 11) is 1.59. The van der Waals surface area contributed by atoms with Gasteiger partial charge in [0.15, 0.2) is 0 Å². The summed E-state index contributed by atoms with van der Waals surface area (Å²) < 4.78 is 18.7. The van der Waals surface area contributed by atoms with Gasteiger partial charge in [-0.25, -0.2) is 4.39 Å². The number of ether oxygens (including phenoxy) is 1. The van der Waals surface area contributed by atoms with Crippen molar-refractivity contribution < 1.29 is 18.7 Å². The van der Waals surface area contributed by atoms with E-state index in [0.29, 0.717) is 17.8 Å². The molecule has 3 rings (SSSR count). The molecule has 1 heterocycles. The number of nitrogens with one attached hydrogen (secondary N) is 1. The first-order valence-corrected chi connectivity index (χ1v) is 7.50. The Hall–Kier alpha value is -2.89. The summed E-state index contributed by atoms with van der Waals surface area (Å²) in [6.07, 6.45) is 0. The van der Waals surface area contributed by atoms with Crippen LogP contribution in [0.4, 0.5) is 10.1 Å². The topological polar surface area (TPSA) is 58.6 Å². The normalized spacial score (nSPS) is 16.0. The maximum absolute atomic E-state index is 13.6. The Balaban J connectivity index is 1.93. The second-order valence-electron chi connectivity index (χ2n) is 5.61. The van der Waals surface area contributed by atoms with Crippen LogP contribution in [0.2, 0.25) is 0 Å². The Morgan fingerprint density at radius 2 is 1.96 bits per heavy atom. The van der Waals surface area contributed by atoms with Gasteiger partial charge in [0.05, 0.1) is 19.3 Å². The molecule has 1 N–H and O–H groups in total. The van der Waals surface area contributed by atoms with E-state index >= 15 is 0 Å². The van der Waals surface area contributed by atoms with Gasteiger partial charge < -0.3 is 15.0 Å². The van der Waals surface area contributed by atoms with Crippen LogP contribution in [-0.4, -0.2) is 18.9 Å². The number of anilines is 1. The number of carbonyl (C=O) groups is 2. The third-order valence-electron chi connectivity index (χ3n) is 3.95. The van der Waals surface area contributed by atoms with Crippen LogP contribution in [0, 0.1) is 5.82 Å². The predicted molar refractivity (Wildman–Crippen MR) is 87.1 cm³/mol. The minimum atomic E-state index is -0.855. The number of benzene rings is 2. The molecule has 5 nitrogen and oxygen atoms in total. The van der Waals surface area contributed by atoms with Crippen molar-refractivity contribution in [1.29, 1.82) is 0 Å². The molecule has 0 unspecified atom stereocenters. The van der Waals surface area contributed by atoms with Crippen molar-refractivity contribution in [2.24, 2.45) is 0 Å². The van der Waals surface area contributed by atoms with Crippen molar-refractivity contribution in [3.8, 4) is 5.75 Å². The molecule has 0 aromatic heterocycles. The lowest BCUT2D eigenvalue weighted by atomic mass is 10.1. The van der Waals surface area contributed by atoms with Gasteiger partial charge in [0.25, 0.3) is 5.91 Å². The highest BCUT2D eigenvalue weighted by molar-refractivity contribution is 6.06. The van der Waals surface area contributed by atoms with Crippen LogP contribution in [0.1, 0.15) is 24.1 Å². The van der Waals surface area contributed by atoms with Crippen LogP contribution in [-0.2, 0) is 16.1 Å². The zero-order chi connectivity index (χ0) is 17.3. The first kappa shape index (κ1) is 16.0.